The van der Waals surface area contributed by atoms with Crippen LogP contribution in [0.1, 0.15) is 48.5 Å². The minimum Gasteiger partial charge on any atom is -0.368 e. The number of amides is 1. The van der Waals surface area contributed by atoms with Crippen molar-refractivity contribution in [3.8, 4) is 0 Å². The van der Waals surface area contributed by atoms with Crippen LogP contribution in [0.2, 0.25) is 0 Å². The highest BCUT2D eigenvalue weighted by molar-refractivity contribution is 5.98. The zero-order valence-corrected chi connectivity index (χ0v) is 12.1. The van der Waals surface area contributed by atoms with Crippen molar-refractivity contribution in [2.75, 3.05) is 13.1 Å². The van der Waals surface area contributed by atoms with Gasteiger partial charge in [-0.2, -0.15) is 0 Å². The molecular formula is C16H22N2O2. The van der Waals surface area contributed by atoms with E-state index >= 15 is 0 Å². The van der Waals surface area contributed by atoms with Gasteiger partial charge in [-0.25, -0.2) is 0 Å². The van der Waals surface area contributed by atoms with E-state index in [0.29, 0.717) is 11.5 Å². The molecule has 20 heavy (non-hydrogen) atoms. The summed E-state index contributed by atoms with van der Waals surface area (Å²) in [6.45, 7) is 5.29. The van der Waals surface area contributed by atoms with Gasteiger partial charge in [0.05, 0.1) is 12.6 Å². The number of carbonyl (C=O) groups is 2. The normalized spacial score (nSPS) is 19.4. The van der Waals surface area contributed by atoms with Crippen LogP contribution in [0.3, 0.4) is 0 Å². The molecule has 1 aromatic carbocycles. The smallest absolute Gasteiger partial charge is 0.234 e. The molecule has 108 valence electrons. The van der Waals surface area contributed by atoms with Crippen molar-refractivity contribution < 1.29 is 9.59 Å². The Balaban J connectivity index is 2.02. The van der Waals surface area contributed by atoms with E-state index in [-0.39, 0.29) is 24.3 Å². The predicted molar refractivity (Wildman–Crippen MR) is 78.7 cm³/mol. The molecule has 0 spiro atoms. The lowest BCUT2D eigenvalue weighted by molar-refractivity contribution is -0.122. The molecule has 4 nitrogen and oxygen atoms in total. The largest absolute Gasteiger partial charge is 0.368 e. The van der Waals surface area contributed by atoms with Crippen molar-refractivity contribution in [3.05, 3.63) is 35.4 Å². The molecule has 2 N–H and O–H groups in total. The fourth-order valence-electron chi connectivity index (χ4n) is 2.67. The lowest BCUT2D eigenvalue weighted by Gasteiger charge is -2.20. The number of likely N-dealkylation sites (tertiary alicyclic amines) is 1. The molecule has 1 fully saturated rings. The summed E-state index contributed by atoms with van der Waals surface area (Å²) in [4.78, 5) is 25.5. The van der Waals surface area contributed by atoms with Crippen molar-refractivity contribution in [2.45, 2.75) is 38.6 Å². The maximum absolute atomic E-state index is 12.3. The summed E-state index contributed by atoms with van der Waals surface area (Å²) in [5.41, 5.74) is 7.28. The number of rotatable bonds is 5. The number of hydrogen-bond acceptors (Lipinski definition) is 3. The third-order valence-electron chi connectivity index (χ3n) is 3.94. The first-order valence-electron chi connectivity index (χ1n) is 7.15. The van der Waals surface area contributed by atoms with Crippen LogP contribution in [-0.2, 0) is 4.79 Å². The average Bonchev–Trinajstić information content (AvgIpc) is 2.87. The maximum atomic E-state index is 12.3. The summed E-state index contributed by atoms with van der Waals surface area (Å²) in [7, 11) is 0. The first kappa shape index (κ1) is 14.7. The highest BCUT2D eigenvalue weighted by Gasteiger charge is 2.30. The number of nitrogens with two attached hydrogens (primary N) is 1. The molecule has 1 aromatic rings. The molecule has 0 aromatic heterocycles. The van der Waals surface area contributed by atoms with Crippen molar-refractivity contribution in [1.82, 2.24) is 4.90 Å². The van der Waals surface area contributed by atoms with Gasteiger partial charge in [0.1, 0.15) is 0 Å². The first-order valence-corrected chi connectivity index (χ1v) is 7.15. The summed E-state index contributed by atoms with van der Waals surface area (Å²) in [5, 5.41) is 0. The van der Waals surface area contributed by atoms with Crippen molar-refractivity contribution in [1.29, 1.82) is 0 Å². The molecule has 1 heterocycles. The maximum Gasteiger partial charge on any atom is 0.234 e. The summed E-state index contributed by atoms with van der Waals surface area (Å²) in [6, 6.07) is 7.44. The summed E-state index contributed by atoms with van der Waals surface area (Å²) in [6.07, 6.45) is 1.68. The van der Waals surface area contributed by atoms with Crippen molar-refractivity contribution in [2.24, 2.45) is 5.73 Å². The molecule has 0 saturated carbocycles. The summed E-state index contributed by atoms with van der Waals surface area (Å²) in [5.74, 6) is 0.177. The first-order chi connectivity index (χ1) is 9.49. The number of nitrogens with zero attached hydrogens (tertiary/aromatic N) is 1. The van der Waals surface area contributed by atoms with E-state index in [1.807, 2.05) is 29.2 Å². The van der Waals surface area contributed by atoms with E-state index < -0.39 is 0 Å². The van der Waals surface area contributed by atoms with Crippen molar-refractivity contribution in [3.63, 3.8) is 0 Å². The Morgan fingerprint density at radius 1 is 1.30 bits per heavy atom. The predicted octanol–water partition coefficient (Wildman–Crippen LogP) is 1.94. The van der Waals surface area contributed by atoms with Crippen LogP contribution < -0.4 is 5.73 Å². The second-order valence-corrected chi connectivity index (χ2v) is 5.73. The van der Waals surface area contributed by atoms with Crippen LogP contribution in [0.25, 0.3) is 0 Å². The van der Waals surface area contributed by atoms with Crippen LogP contribution >= 0.6 is 0 Å². The summed E-state index contributed by atoms with van der Waals surface area (Å²) < 4.78 is 0. The van der Waals surface area contributed by atoms with E-state index in [4.69, 9.17) is 5.73 Å². The lowest BCUT2D eigenvalue weighted by atomic mass is 10.0. The lowest BCUT2D eigenvalue weighted by Crippen LogP contribution is -2.42. The Morgan fingerprint density at radius 3 is 2.50 bits per heavy atom. The van der Waals surface area contributed by atoms with Crippen LogP contribution in [-0.4, -0.2) is 35.7 Å². The van der Waals surface area contributed by atoms with Gasteiger partial charge in [0, 0.05) is 5.56 Å². The van der Waals surface area contributed by atoms with Gasteiger partial charge in [0.25, 0.3) is 0 Å². The van der Waals surface area contributed by atoms with E-state index in [1.54, 1.807) is 0 Å². The van der Waals surface area contributed by atoms with Crippen molar-refractivity contribution >= 4 is 11.7 Å². The van der Waals surface area contributed by atoms with Gasteiger partial charge < -0.3 is 5.73 Å². The molecule has 0 aliphatic carbocycles. The van der Waals surface area contributed by atoms with Gasteiger partial charge in [-0.15, -0.1) is 0 Å². The SMILES string of the molecule is CC(C)c1ccc(C(=O)CN2CCCC2C(N)=O)cc1. The third-order valence-corrected chi connectivity index (χ3v) is 3.94. The van der Waals surface area contributed by atoms with Crippen LogP contribution in [0.5, 0.6) is 0 Å². The Labute approximate surface area is 119 Å². The van der Waals surface area contributed by atoms with Gasteiger partial charge in [-0.1, -0.05) is 38.1 Å². The summed E-state index contributed by atoms with van der Waals surface area (Å²) >= 11 is 0. The van der Waals surface area contributed by atoms with E-state index in [0.717, 1.165) is 19.4 Å². The quantitative estimate of drug-likeness (QED) is 0.835. The van der Waals surface area contributed by atoms with Crippen LogP contribution in [0, 0.1) is 0 Å². The third kappa shape index (κ3) is 3.25. The minimum atomic E-state index is -0.328. The number of ketones is 1. The van der Waals surface area contributed by atoms with Gasteiger partial charge in [-0.3, -0.25) is 14.5 Å². The molecule has 4 heteroatoms. The molecule has 1 amide bonds. The molecule has 1 unspecified atom stereocenters. The molecule has 2 rings (SSSR count). The van der Waals surface area contributed by atoms with E-state index in [2.05, 4.69) is 13.8 Å². The van der Waals surface area contributed by atoms with Gasteiger partial charge >= 0.3 is 0 Å². The molecular weight excluding hydrogens is 252 g/mol. The average molecular weight is 274 g/mol. The fourth-order valence-corrected chi connectivity index (χ4v) is 2.67. The van der Waals surface area contributed by atoms with Crippen LogP contribution in [0.15, 0.2) is 24.3 Å². The van der Waals surface area contributed by atoms with E-state index in [9.17, 15) is 9.59 Å². The zero-order valence-electron chi connectivity index (χ0n) is 12.1. The Bertz CT molecular complexity index is 494. The van der Waals surface area contributed by atoms with Crippen LogP contribution in [0.4, 0.5) is 0 Å². The number of primary amides is 1. The molecule has 1 aliphatic rings. The zero-order chi connectivity index (χ0) is 14.7. The Hall–Kier alpha value is -1.68. The van der Waals surface area contributed by atoms with Gasteiger partial charge in [-0.05, 0) is 30.9 Å². The number of carbonyl (C=O) groups excluding carboxylic acids is 2. The molecule has 0 bridgehead atoms. The number of Topliss-reactive ketones (excluding diaryl/α,β-unsaturated/α-hetero) is 1. The number of hydrogen-bond donors (Lipinski definition) is 1. The fraction of sp³-hybridized carbons (Fsp3) is 0.500. The number of benzene rings is 1. The Morgan fingerprint density at radius 2 is 1.95 bits per heavy atom. The second kappa shape index (κ2) is 6.18. The standard InChI is InChI=1S/C16H22N2O2/c1-11(2)12-5-7-13(8-6-12)15(19)10-18-9-3-4-14(18)16(17)20/h5-8,11,14H,3-4,9-10H2,1-2H3,(H2,17,20). The molecule has 1 aliphatic heterocycles. The molecule has 1 saturated heterocycles. The highest BCUT2D eigenvalue weighted by Crippen LogP contribution is 2.19. The topological polar surface area (TPSA) is 63.4 Å². The van der Waals surface area contributed by atoms with Gasteiger partial charge in [0.15, 0.2) is 5.78 Å². The monoisotopic (exact) mass is 274 g/mol. The molecule has 0 radical (unpaired) electrons. The minimum absolute atomic E-state index is 0.0495. The second-order valence-electron chi connectivity index (χ2n) is 5.73. The van der Waals surface area contributed by atoms with E-state index in [1.165, 1.54) is 5.56 Å². The Kier molecular flexibility index (Phi) is 4.55. The molecule has 1 atom stereocenters. The highest BCUT2D eigenvalue weighted by atomic mass is 16.1. The van der Waals surface area contributed by atoms with Gasteiger partial charge in [0.2, 0.25) is 5.91 Å².